The van der Waals surface area contributed by atoms with Gasteiger partial charge in [0.15, 0.2) is 5.79 Å². The molecule has 21 heavy (non-hydrogen) atoms. The van der Waals surface area contributed by atoms with Gasteiger partial charge < -0.3 is 14.6 Å². The molecule has 1 aliphatic heterocycles. The fraction of sp³-hybridized carbons (Fsp3) is 0.917. The van der Waals surface area contributed by atoms with Gasteiger partial charge in [0.05, 0.1) is 12.7 Å². The van der Waals surface area contributed by atoms with Gasteiger partial charge in [-0.25, -0.2) is 0 Å². The largest absolute Gasteiger partial charge is 0.481 e. The Balaban J connectivity index is 2.88. The summed E-state index contributed by atoms with van der Waals surface area (Å²) < 4.78 is 62.7. The summed E-state index contributed by atoms with van der Waals surface area (Å²) in [5.41, 5.74) is -1.58. The van der Waals surface area contributed by atoms with Crippen LogP contribution >= 0.6 is 15.9 Å². The average molecular weight is 381 g/mol. The van der Waals surface area contributed by atoms with Crippen molar-refractivity contribution < 1.29 is 36.9 Å². The minimum atomic E-state index is -4.36. The topological polar surface area (TPSA) is 55.8 Å². The lowest BCUT2D eigenvalue weighted by atomic mass is 9.81. The number of carboxylic acid groups (broad SMARTS) is 1. The molecule has 2 atom stereocenters. The van der Waals surface area contributed by atoms with Crippen molar-refractivity contribution >= 4 is 21.9 Å². The van der Waals surface area contributed by atoms with Crippen molar-refractivity contribution in [3.63, 3.8) is 0 Å². The molecular weight excluding hydrogens is 364 g/mol. The third-order valence-corrected chi connectivity index (χ3v) is 4.06. The van der Waals surface area contributed by atoms with Crippen LogP contribution < -0.4 is 0 Å². The van der Waals surface area contributed by atoms with E-state index in [-0.39, 0.29) is 6.61 Å². The molecule has 0 aromatic rings. The molecule has 0 aliphatic carbocycles. The second-order valence-electron chi connectivity index (χ2n) is 5.76. The molecule has 1 saturated heterocycles. The number of carbonyl (C=O) groups is 1. The van der Waals surface area contributed by atoms with Crippen LogP contribution in [-0.4, -0.2) is 40.3 Å². The SMILES string of the molecule is CC1(C)OCC(C)(C(=O)O)C(CCC(F)(F)C(F)(F)Br)O1. The highest BCUT2D eigenvalue weighted by Crippen LogP contribution is 2.45. The van der Waals surface area contributed by atoms with E-state index < -0.39 is 46.9 Å². The fourth-order valence-corrected chi connectivity index (χ4v) is 2.15. The van der Waals surface area contributed by atoms with Gasteiger partial charge >= 0.3 is 16.7 Å². The number of hydrogen-bond acceptors (Lipinski definition) is 3. The van der Waals surface area contributed by atoms with Crippen molar-refractivity contribution in [3.8, 4) is 0 Å². The van der Waals surface area contributed by atoms with E-state index in [4.69, 9.17) is 9.47 Å². The minimum Gasteiger partial charge on any atom is -0.481 e. The molecule has 2 unspecified atom stereocenters. The maximum absolute atomic E-state index is 13.3. The fourth-order valence-electron chi connectivity index (χ4n) is 1.95. The molecule has 1 heterocycles. The van der Waals surface area contributed by atoms with Crippen molar-refractivity contribution in [2.24, 2.45) is 5.41 Å². The number of ether oxygens (including phenoxy) is 2. The van der Waals surface area contributed by atoms with E-state index in [1.165, 1.54) is 20.8 Å². The Morgan fingerprint density at radius 1 is 1.33 bits per heavy atom. The van der Waals surface area contributed by atoms with Crippen LogP contribution in [0.25, 0.3) is 0 Å². The lowest BCUT2D eigenvalue weighted by Gasteiger charge is -2.45. The molecule has 0 aromatic carbocycles. The van der Waals surface area contributed by atoms with Crippen molar-refractivity contribution in [2.45, 2.75) is 56.3 Å². The first-order valence-electron chi connectivity index (χ1n) is 6.21. The third kappa shape index (κ3) is 4.07. The molecule has 1 rings (SSSR count). The predicted molar refractivity (Wildman–Crippen MR) is 68.7 cm³/mol. The molecule has 9 heteroatoms. The highest BCUT2D eigenvalue weighted by Gasteiger charge is 2.56. The summed E-state index contributed by atoms with van der Waals surface area (Å²) in [4.78, 5) is 6.95. The number of halogens is 5. The minimum absolute atomic E-state index is 0.254. The Hall–Kier alpha value is -0.410. The lowest BCUT2D eigenvalue weighted by molar-refractivity contribution is -0.314. The summed E-state index contributed by atoms with van der Waals surface area (Å²) >= 11 is 1.64. The highest BCUT2D eigenvalue weighted by molar-refractivity contribution is 9.10. The smallest absolute Gasteiger partial charge is 0.363 e. The second kappa shape index (κ2) is 5.66. The summed E-state index contributed by atoms with van der Waals surface area (Å²) in [5.74, 6) is -6.76. The zero-order valence-corrected chi connectivity index (χ0v) is 13.3. The first-order valence-corrected chi connectivity index (χ1v) is 7.00. The van der Waals surface area contributed by atoms with Crippen LogP contribution in [-0.2, 0) is 14.3 Å². The molecule has 124 valence electrons. The number of aliphatic carboxylic acids is 1. The van der Waals surface area contributed by atoms with E-state index >= 15 is 0 Å². The predicted octanol–water partition coefficient (Wildman–Crippen LogP) is 3.63. The van der Waals surface area contributed by atoms with Crippen molar-refractivity contribution in [3.05, 3.63) is 0 Å². The first-order chi connectivity index (χ1) is 9.21. The van der Waals surface area contributed by atoms with E-state index in [1.54, 1.807) is 15.9 Å². The molecule has 1 aliphatic rings. The summed E-state index contributed by atoms with van der Waals surface area (Å²) in [6, 6.07) is 0. The monoisotopic (exact) mass is 380 g/mol. The first kappa shape index (κ1) is 18.6. The average Bonchev–Trinajstić information content (AvgIpc) is 2.29. The number of carboxylic acids is 1. The Bertz CT molecular complexity index is 411. The van der Waals surface area contributed by atoms with Crippen LogP contribution in [0.3, 0.4) is 0 Å². The number of hydrogen-bond donors (Lipinski definition) is 1. The van der Waals surface area contributed by atoms with Gasteiger partial charge in [-0.1, -0.05) is 0 Å². The summed E-state index contributed by atoms with van der Waals surface area (Å²) in [7, 11) is 0. The molecule has 1 N–H and O–H groups in total. The Labute approximate surface area is 127 Å². The van der Waals surface area contributed by atoms with Crippen molar-refractivity contribution in [1.29, 1.82) is 0 Å². The van der Waals surface area contributed by atoms with Crippen LogP contribution in [0, 0.1) is 5.41 Å². The number of alkyl halides is 5. The quantitative estimate of drug-likeness (QED) is 0.584. The lowest BCUT2D eigenvalue weighted by Crippen LogP contribution is -2.55. The van der Waals surface area contributed by atoms with E-state index in [9.17, 15) is 27.5 Å². The Morgan fingerprint density at radius 2 is 1.86 bits per heavy atom. The van der Waals surface area contributed by atoms with Crippen LogP contribution in [0.1, 0.15) is 33.6 Å². The van der Waals surface area contributed by atoms with Crippen LogP contribution in [0.4, 0.5) is 17.6 Å². The maximum atomic E-state index is 13.3. The van der Waals surface area contributed by atoms with Gasteiger partial charge in [-0.15, -0.1) is 0 Å². The highest BCUT2D eigenvalue weighted by atomic mass is 79.9. The van der Waals surface area contributed by atoms with Gasteiger partial charge in [0.25, 0.3) is 0 Å². The molecule has 1 fully saturated rings. The van der Waals surface area contributed by atoms with Gasteiger partial charge in [-0.2, -0.15) is 17.6 Å². The van der Waals surface area contributed by atoms with Gasteiger partial charge in [0.2, 0.25) is 0 Å². The van der Waals surface area contributed by atoms with Gasteiger partial charge in [-0.3, -0.25) is 4.79 Å². The van der Waals surface area contributed by atoms with E-state index in [1.807, 2.05) is 0 Å². The zero-order valence-electron chi connectivity index (χ0n) is 11.8. The van der Waals surface area contributed by atoms with Crippen LogP contribution in [0.15, 0.2) is 0 Å². The van der Waals surface area contributed by atoms with Crippen molar-refractivity contribution in [1.82, 2.24) is 0 Å². The summed E-state index contributed by atoms with van der Waals surface area (Å²) in [6.45, 7) is 4.02. The molecule has 4 nitrogen and oxygen atoms in total. The molecule has 0 saturated carbocycles. The number of rotatable bonds is 5. The summed E-state index contributed by atoms with van der Waals surface area (Å²) in [5, 5.41) is 9.22. The molecule has 0 amide bonds. The maximum Gasteiger partial charge on any atom is 0.363 e. The normalized spacial score (nSPS) is 30.2. The van der Waals surface area contributed by atoms with Crippen LogP contribution in [0.5, 0.6) is 0 Å². The Kier molecular flexibility index (Phi) is 5.02. The third-order valence-electron chi connectivity index (χ3n) is 3.48. The molecular formula is C12H17BrF4O4. The molecule has 0 radical (unpaired) electrons. The zero-order chi connectivity index (χ0) is 16.7. The van der Waals surface area contributed by atoms with Crippen molar-refractivity contribution in [2.75, 3.05) is 6.61 Å². The summed E-state index contributed by atoms with van der Waals surface area (Å²) in [6.07, 6.45) is -2.92. The van der Waals surface area contributed by atoms with Gasteiger partial charge in [-0.05, 0) is 43.1 Å². The van der Waals surface area contributed by atoms with E-state index in [2.05, 4.69) is 0 Å². The van der Waals surface area contributed by atoms with Gasteiger partial charge in [0, 0.05) is 6.42 Å². The Morgan fingerprint density at radius 3 is 2.29 bits per heavy atom. The molecule has 0 aromatic heterocycles. The molecule has 0 bridgehead atoms. The molecule has 0 spiro atoms. The van der Waals surface area contributed by atoms with E-state index in [0.717, 1.165) is 0 Å². The standard InChI is InChI=1S/C12H17BrF4O4/c1-9(2)20-6-10(3,8(18)19)7(21-9)4-5-11(14,15)12(13,16)17/h7H,4-6H2,1-3H3,(H,18,19). The second-order valence-corrected chi connectivity index (χ2v) is 6.75. The van der Waals surface area contributed by atoms with E-state index in [0.29, 0.717) is 0 Å². The van der Waals surface area contributed by atoms with Crippen LogP contribution in [0.2, 0.25) is 0 Å². The van der Waals surface area contributed by atoms with Gasteiger partial charge in [0.1, 0.15) is 5.41 Å².